The van der Waals surface area contributed by atoms with Crippen molar-refractivity contribution in [2.75, 3.05) is 10.6 Å². The highest BCUT2D eigenvalue weighted by atomic mass is 35.5. The van der Waals surface area contributed by atoms with E-state index in [9.17, 15) is 9.59 Å². The van der Waals surface area contributed by atoms with Gasteiger partial charge in [0.05, 0.1) is 16.9 Å². The normalized spacial score (nSPS) is 17.3. The van der Waals surface area contributed by atoms with E-state index in [1.807, 2.05) is 6.07 Å². The fourth-order valence-electron chi connectivity index (χ4n) is 3.05. The number of amides is 3. The van der Waals surface area contributed by atoms with Gasteiger partial charge in [-0.1, -0.05) is 23.2 Å². The number of hydrogen-bond donors (Lipinski definition) is 4. The van der Waals surface area contributed by atoms with E-state index in [2.05, 4.69) is 31.3 Å². The number of benzene rings is 1. The Labute approximate surface area is 180 Å². The second kappa shape index (κ2) is 7.19. The van der Waals surface area contributed by atoms with Crippen molar-refractivity contribution in [2.45, 2.75) is 18.9 Å². The van der Waals surface area contributed by atoms with Gasteiger partial charge in [-0.25, -0.2) is 9.78 Å². The molecule has 2 aromatic heterocycles. The summed E-state index contributed by atoms with van der Waals surface area (Å²) in [6.45, 7) is 0. The monoisotopic (exact) mass is 443 g/mol. The van der Waals surface area contributed by atoms with E-state index in [1.165, 1.54) is 6.08 Å². The molecule has 0 spiro atoms. The number of urea groups is 1. The van der Waals surface area contributed by atoms with Crippen molar-refractivity contribution in [1.82, 2.24) is 25.2 Å². The molecule has 2 fully saturated rings. The van der Waals surface area contributed by atoms with Crippen LogP contribution in [0.15, 0.2) is 36.2 Å². The quantitative estimate of drug-likeness (QED) is 0.354. The van der Waals surface area contributed by atoms with Gasteiger partial charge < -0.3 is 16.0 Å². The van der Waals surface area contributed by atoms with E-state index >= 15 is 0 Å². The minimum absolute atomic E-state index is 0.129. The first kappa shape index (κ1) is 18.7. The van der Waals surface area contributed by atoms with E-state index in [-0.39, 0.29) is 5.70 Å². The Bertz CT molecular complexity index is 1230. The molecule has 0 unspecified atom stereocenters. The van der Waals surface area contributed by atoms with Crippen molar-refractivity contribution >= 4 is 64.2 Å². The van der Waals surface area contributed by atoms with Gasteiger partial charge >= 0.3 is 6.03 Å². The van der Waals surface area contributed by atoms with Crippen molar-refractivity contribution in [3.05, 3.63) is 51.8 Å². The van der Waals surface area contributed by atoms with Crippen LogP contribution in [0.25, 0.3) is 11.7 Å². The topological polar surface area (TPSA) is 112 Å². The molecule has 11 heteroatoms. The average Bonchev–Trinajstić information content (AvgIpc) is 3.34. The second-order valence-corrected chi connectivity index (χ2v) is 7.84. The number of carbonyl (C=O) groups excluding carboxylic acids is 2. The molecule has 1 aromatic carbocycles. The van der Waals surface area contributed by atoms with Gasteiger partial charge in [-0.2, -0.15) is 9.61 Å². The molecule has 3 heterocycles. The van der Waals surface area contributed by atoms with E-state index in [1.54, 1.807) is 28.9 Å². The number of nitrogens with zero attached hydrogens (tertiary/aromatic N) is 3. The van der Waals surface area contributed by atoms with Gasteiger partial charge in [0.1, 0.15) is 17.3 Å². The zero-order chi connectivity index (χ0) is 20.8. The van der Waals surface area contributed by atoms with E-state index in [4.69, 9.17) is 23.2 Å². The average molecular weight is 444 g/mol. The molecule has 9 nitrogen and oxygen atoms in total. The summed E-state index contributed by atoms with van der Waals surface area (Å²) < 4.78 is 1.66. The summed E-state index contributed by atoms with van der Waals surface area (Å²) in [6, 6.07) is 6.75. The van der Waals surface area contributed by atoms with Crippen LogP contribution < -0.4 is 21.3 Å². The van der Waals surface area contributed by atoms with Crippen LogP contribution in [0, 0.1) is 0 Å². The molecule has 1 saturated heterocycles. The molecule has 2 aliphatic rings. The SMILES string of the molecule is O=C1NC(=O)/C(=C\c2cnn3c(NC4CC4)cc(Nc4cc(Cl)ccc4Cl)nc23)N1. The van der Waals surface area contributed by atoms with Crippen molar-refractivity contribution in [3.63, 3.8) is 0 Å². The van der Waals surface area contributed by atoms with E-state index in [0.717, 1.165) is 18.7 Å². The maximum Gasteiger partial charge on any atom is 0.326 e. The third kappa shape index (κ3) is 3.64. The van der Waals surface area contributed by atoms with Gasteiger partial charge in [0.2, 0.25) is 0 Å². The number of carbonyl (C=O) groups is 2. The van der Waals surface area contributed by atoms with Gasteiger partial charge in [0.25, 0.3) is 5.91 Å². The first-order valence-corrected chi connectivity index (χ1v) is 9.93. The Morgan fingerprint density at radius 2 is 2.00 bits per heavy atom. The third-order valence-electron chi connectivity index (χ3n) is 4.64. The highest BCUT2D eigenvalue weighted by Gasteiger charge is 2.25. The fourth-order valence-corrected chi connectivity index (χ4v) is 3.39. The molecule has 0 atom stereocenters. The molecule has 1 aliphatic heterocycles. The van der Waals surface area contributed by atoms with Crippen LogP contribution >= 0.6 is 23.2 Å². The summed E-state index contributed by atoms with van der Waals surface area (Å²) in [6.07, 6.45) is 5.28. The first-order chi connectivity index (χ1) is 14.5. The number of hydrogen-bond acceptors (Lipinski definition) is 6. The summed E-state index contributed by atoms with van der Waals surface area (Å²) in [5, 5.41) is 16.7. The van der Waals surface area contributed by atoms with Crippen LogP contribution in [-0.2, 0) is 4.79 Å². The van der Waals surface area contributed by atoms with Crippen LogP contribution in [0.2, 0.25) is 10.0 Å². The number of aromatic nitrogens is 3. The standard InChI is InChI=1S/C19H15Cl2N7O2/c20-10-1-4-12(21)13(6-10)24-15-7-16(23-11-2-3-11)28-17(26-15)9(8-22-28)5-14-18(29)27-19(30)25-14/h1,4-8,11,23H,2-3H2,(H,24,26)(H2,25,27,29,30)/b14-5+. The molecule has 3 aromatic rings. The van der Waals surface area contributed by atoms with Crippen LogP contribution in [0.3, 0.4) is 0 Å². The summed E-state index contributed by atoms with van der Waals surface area (Å²) in [4.78, 5) is 27.9. The van der Waals surface area contributed by atoms with Crippen LogP contribution in [0.5, 0.6) is 0 Å². The lowest BCUT2D eigenvalue weighted by Crippen LogP contribution is -2.22. The smallest absolute Gasteiger partial charge is 0.326 e. The highest BCUT2D eigenvalue weighted by molar-refractivity contribution is 6.35. The van der Waals surface area contributed by atoms with Gasteiger partial charge in [-0.15, -0.1) is 0 Å². The summed E-state index contributed by atoms with van der Waals surface area (Å²) in [7, 11) is 0. The Kier molecular flexibility index (Phi) is 4.48. The molecular formula is C19H15Cl2N7O2. The molecule has 0 radical (unpaired) electrons. The zero-order valence-corrected chi connectivity index (χ0v) is 16.9. The maximum absolute atomic E-state index is 11.9. The molecule has 5 rings (SSSR count). The van der Waals surface area contributed by atoms with Crippen LogP contribution in [0.4, 0.5) is 22.1 Å². The van der Waals surface area contributed by atoms with Crippen LogP contribution in [0.1, 0.15) is 18.4 Å². The molecule has 152 valence electrons. The molecule has 0 bridgehead atoms. The van der Waals surface area contributed by atoms with Gasteiger partial charge in [0.15, 0.2) is 5.65 Å². The highest BCUT2D eigenvalue weighted by Crippen LogP contribution is 2.31. The summed E-state index contributed by atoms with van der Waals surface area (Å²) in [5.74, 6) is 0.762. The molecule has 1 saturated carbocycles. The van der Waals surface area contributed by atoms with Gasteiger partial charge in [-0.3, -0.25) is 10.1 Å². The number of nitrogens with one attached hydrogen (secondary N) is 4. The van der Waals surface area contributed by atoms with E-state index < -0.39 is 11.9 Å². The number of halogens is 2. The predicted octanol–water partition coefficient (Wildman–Crippen LogP) is 3.53. The fraction of sp³-hybridized carbons (Fsp3) is 0.158. The second-order valence-electron chi connectivity index (χ2n) is 7.00. The molecule has 1 aliphatic carbocycles. The first-order valence-electron chi connectivity index (χ1n) is 9.18. The third-order valence-corrected chi connectivity index (χ3v) is 5.20. The lowest BCUT2D eigenvalue weighted by Gasteiger charge is -2.12. The van der Waals surface area contributed by atoms with Crippen molar-refractivity contribution < 1.29 is 9.59 Å². The zero-order valence-electron chi connectivity index (χ0n) is 15.4. The lowest BCUT2D eigenvalue weighted by atomic mass is 10.2. The Hall–Kier alpha value is -3.30. The number of anilines is 3. The molecule has 3 amide bonds. The minimum Gasteiger partial charge on any atom is -0.367 e. The molecule has 30 heavy (non-hydrogen) atoms. The van der Waals surface area contributed by atoms with Crippen molar-refractivity contribution in [2.24, 2.45) is 0 Å². The summed E-state index contributed by atoms with van der Waals surface area (Å²) in [5.41, 5.74) is 1.81. The van der Waals surface area contributed by atoms with E-state index in [0.29, 0.717) is 38.8 Å². The van der Waals surface area contributed by atoms with Gasteiger partial charge in [-0.05, 0) is 37.1 Å². The van der Waals surface area contributed by atoms with Crippen molar-refractivity contribution in [1.29, 1.82) is 0 Å². The van der Waals surface area contributed by atoms with Crippen molar-refractivity contribution in [3.8, 4) is 0 Å². The molecular weight excluding hydrogens is 429 g/mol. The summed E-state index contributed by atoms with van der Waals surface area (Å²) >= 11 is 12.4. The largest absolute Gasteiger partial charge is 0.367 e. The Morgan fingerprint density at radius 3 is 2.73 bits per heavy atom. The lowest BCUT2D eigenvalue weighted by molar-refractivity contribution is -0.115. The predicted molar refractivity (Wildman–Crippen MR) is 114 cm³/mol. The maximum atomic E-state index is 11.9. The van der Waals surface area contributed by atoms with Crippen LogP contribution in [-0.4, -0.2) is 32.6 Å². The Balaban J connectivity index is 1.59. The van der Waals surface area contributed by atoms with Gasteiger partial charge in [0, 0.05) is 22.7 Å². The Morgan fingerprint density at radius 1 is 1.17 bits per heavy atom. The number of fused-ring (bicyclic) bond motifs is 1. The minimum atomic E-state index is -0.565. The molecule has 4 N–H and O–H groups in total. The number of imide groups is 1. The number of rotatable bonds is 5.